The van der Waals surface area contributed by atoms with E-state index in [9.17, 15) is 0 Å². The Balaban J connectivity index is 2.54. The van der Waals surface area contributed by atoms with Gasteiger partial charge in [0.2, 0.25) is 0 Å². The second-order valence-corrected chi connectivity index (χ2v) is 5.05. The lowest BCUT2D eigenvalue weighted by atomic mass is 10.5. The topological polar surface area (TPSA) is 41.6 Å². The molecule has 12 heavy (non-hydrogen) atoms. The summed E-state index contributed by atoms with van der Waals surface area (Å²) in [4.78, 5) is 12.3. The zero-order valence-corrected chi connectivity index (χ0v) is 9.70. The van der Waals surface area contributed by atoms with Crippen molar-refractivity contribution in [1.82, 2.24) is 15.0 Å². The van der Waals surface area contributed by atoms with Gasteiger partial charge in [-0.15, -0.1) is 11.3 Å². The second-order valence-electron chi connectivity index (χ2n) is 2.02. The van der Waals surface area contributed by atoms with Crippen molar-refractivity contribution in [1.29, 1.82) is 0 Å². The number of nitrogens with one attached hydrogen (secondary N) is 1. The van der Waals surface area contributed by atoms with Crippen LogP contribution in [0, 0.1) is 0 Å². The summed E-state index contributed by atoms with van der Waals surface area (Å²) < 4.78 is 1.66. The molecular weight excluding hydrogens is 306 g/mol. The number of rotatable bonds is 1. The Hall–Kier alpha value is -0.200. The first-order valence-electron chi connectivity index (χ1n) is 3.09. The first kappa shape index (κ1) is 8.40. The summed E-state index contributed by atoms with van der Waals surface area (Å²) in [5.74, 6) is 0.838. The lowest BCUT2D eigenvalue weighted by Gasteiger charge is -1.88. The quantitative estimate of drug-likeness (QED) is 0.879. The molecule has 0 fully saturated rings. The third-order valence-electron chi connectivity index (χ3n) is 1.27. The van der Waals surface area contributed by atoms with E-state index >= 15 is 0 Å². The van der Waals surface area contributed by atoms with E-state index in [1.165, 1.54) is 11.3 Å². The molecule has 0 aliphatic heterocycles. The van der Waals surface area contributed by atoms with Crippen molar-refractivity contribution in [3.63, 3.8) is 0 Å². The molecule has 0 aliphatic carbocycles. The van der Waals surface area contributed by atoms with Gasteiger partial charge in [0.1, 0.15) is 15.3 Å². The van der Waals surface area contributed by atoms with Gasteiger partial charge in [0.25, 0.3) is 0 Å². The number of aromatic amines is 1. The predicted octanol–water partition coefficient (Wildman–Crippen LogP) is 3.06. The van der Waals surface area contributed by atoms with Gasteiger partial charge < -0.3 is 4.98 Å². The molecule has 0 spiro atoms. The van der Waals surface area contributed by atoms with E-state index in [0.717, 1.165) is 19.2 Å². The molecule has 0 amide bonds. The van der Waals surface area contributed by atoms with Crippen LogP contribution in [-0.4, -0.2) is 15.0 Å². The van der Waals surface area contributed by atoms with Gasteiger partial charge in [-0.1, -0.05) is 0 Å². The zero-order valence-electron chi connectivity index (χ0n) is 5.71. The summed E-state index contributed by atoms with van der Waals surface area (Å²) in [7, 11) is 0. The molecule has 0 atom stereocenters. The summed E-state index contributed by atoms with van der Waals surface area (Å²) in [6, 6.07) is 0. The third kappa shape index (κ3) is 1.46. The Morgan fingerprint density at radius 1 is 1.42 bits per heavy atom. The van der Waals surface area contributed by atoms with E-state index < -0.39 is 0 Å². The zero-order chi connectivity index (χ0) is 8.55. The fraction of sp³-hybridized carbons (Fsp3) is 0. The van der Waals surface area contributed by atoms with Gasteiger partial charge in [0.05, 0.1) is 0 Å². The largest absolute Gasteiger partial charge is 0.344 e. The smallest absolute Gasteiger partial charge is 0.161 e. The van der Waals surface area contributed by atoms with E-state index in [0.29, 0.717) is 0 Å². The van der Waals surface area contributed by atoms with Crippen LogP contribution < -0.4 is 0 Å². The van der Waals surface area contributed by atoms with Crippen LogP contribution in [0.2, 0.25) is 0 Å². The number of halogens is 2. The van der Waals surface area contributed by atoms with E-state index in [1.54, 1.807) is 12.4 Å². The van der Waals surface area contributed by atoms with Crippen LogP contribution in [0.15, 0.2) is 20.9 Å². The van der Waals surface area contributed by atoms with Gasteiger partial charge in [-0.25, -0.2) is 9.97 Å². The highest BCUT2D eigenvalue weighted by atomic mass is 79.9. The number of hydrogen-bond donors (Lipinski definition) is 1. The maximum absolute atomic E-state index is 4.16. The van der Waals surface area contributed by atoms with Crippen molar-refractivity contribution in [2.75, 3.05) is 0 Å². The maximum Gasteiger partial charge on any atom is 0.161 e. The highest BCUT2D eigenvalue weighted by Gasteiger charge is 2.10. The third-order valence-corrected chi connectivity index (χ3v) is 3.62. The summed E-state index contributed by atoms with van der Waals surface area (Å²) in [5, 5.41) is 0. The van der Waals surface area contributed by atoms with Gasteiger partial charge >= 0.3 is 0 Å². The summed E-state index contributed by atoms with van der Waals surface area (Å²) in [6.07, 6.45) is 3.50. The Bertz CT molecular complexity index is 381. The average Bonchev–Trinajstić information content (AvgIpc) is 2.58. The molecule has 0 radical (unpaired) electrons. The molecular formula is C6H3Br2N3S. The molecule has 0 saturated carbocycles. The molecule has 0 aromatic carbocycles. The molecule has 1 N–H and O–H groups in total. The minimum atomic E-state index is 0.814. The molecule has 2 rings (SSSR count). The minimum Gasteiger partial charge on any atom is -0.344 e. The minimum absolute atomic E-state index is 0.814. The Kier molecular flexibility index (Phi) is 2.29. The van der Waals surface area contributed by atoms with E-state index in [1.807, 2.05) is 0 Å². The summed E-state index contributed by atoms with van der Waals surface area (Å²) in [5.41, 5.74) is 0. The van der Waals surface area contributed by atoms with Crippen LogP contribution >= 0.6 is 43.2 Å². The van der Waals surface area contributed by atoms with E-state index in [-0.39, 0.29) is 0 Å². The van der Waals surface area contributed by atoms with Gasteiger partial charge in [0.15, 0.2) is 3.92 Å². The van der Waals surface area contributed by atoms with Gasteiger partial charge in [-0.05, 0) is 31.9 Å². The van der Waals surface area contributed by atoms with Crippen molar-refractivity contribution < 1.29 is 0 Å². The first-order chi connectivity index (χ1) is 5.77. The van der Waals surface area contributed by atoms with Crippen LogP contribution in [0.25, 0.3) is 10.7 Å². The molecule has 6 heteroatoms. The highest BCUT2D eigenvalue weighted by molar-refractivity contribution is 9.11. The normalized spacial score (nSPS) is 10.5. The number of H-pyrrole nitrogens is 1. The fourth-order valence-electron chi connectivity index (χ4n) is 0.813. The summed E-state index contributed by atoms with van der Waals surface area (Å²) in [6.45, 7) is 0. The first-order valence-corrected chi connectivity index (χ1v) is 5.49. The van der Waals surface area contributed by atoms with Gasteiger partial charge in [-0.3, -0.25) is 0 Å². The SMILES string of the molecule is Brc1nc(Br)c(-c2ncc[nH]2)s1. The monoisotopic (exact) mass is 307 g/mol. The van der Waals surface area contributed by atoms with Crippen LogP contribution in [0.4, 0.5) is 0 Å². The van der Waals surface area contributed by atoms with Crippen LogP contribution in [0.1, 0.15) is 0 Å². The Labute approximate surface area is 89.5 Å². The Morgan fingerprint density at radius 2 is 2.25 bits per heavy atom. The molecule has 2 aromatic rings. The van der Waals surface area contributed by atoms with E-state index in [2.05, 4.69) is 46.8 Å². The van der Waals surface area contributed by atoms with Crippen molar-refractivity contribution in [3.05, 3.63) is 20.9 Å². The number of hydrogen-bond acceptors (Lipinski definition) is 3. The van der Waals surface area contributed by atoms with Crippen molar-refractivity contribution in [3.8, 4) is 10.7 Å². The molecule has 2 heterocycles. The molecule has 0 unspecified atom stereocenters. The maximum atomic E-state index is 4.16. The number of imidazole rings is 1. The van der Waals surface area contributed by atoms with Crippen molar-refractivity contribution in [2.45, 2.75) is 0 Å². The second kappa shape index (κ2) is 3.27. The fourth-order valence-corrected chi connectivity index (χ4v) is 3.08. The average molecular weight is 309 g/mol. The van der Waals surface area contributed by atoms with Gasteiger partial charge in [-0.2, -0.15) is 0 Å². The number of thiazole rings is 1. The molecule has 2 aromatic heterocycles. The number of nitrogens with zero attached hydrogens (tertiary/aromatic N) is 2. The van der Waals surface area contributed by atoms with Crippen LogP contribution in [0.3, 0.4) is 0 Å². The molecule has 0 saturated heterocycles. The lowest BCUT2D eigenvalue weighted by Crippen LogP contribution is -1.75. The van der Waals surface area contributed by atoms with Crippen LogP contribution in [-0.2, 0) is 0 Å². The van der Waals surface area contributed by atoms with Crippen molar-refractivity contribution >= 4 is 43.2 Å². The summed E-state index contributed by atoms with van der Waals surface area (Å²) >= 11 is 8.19. The van der Waals surface area contributed by atoms with Crippen molar-refractivity contribution in [2.24, 2.45) is 0 Å². The molecule has 0 aliphatic rings. The Morgan fingerprint density at radius 3 is 2.75 bits per heavy atom. The molecule has 62 valence electrons. The lowest BCUT2D eigenvalue weighted by molar-refractivity contribution is 1.28. The number of aromatic nitrogens is 3. The van der Waals surface area contributed by atoms with Gasteiger partial charge in [0, 0.05) is 12.4 Å². The standard InChI is InChI=1S/C6H3Br2N3S/c7-4-3(12-6(8)11-4)5-9-1-2-10-5/h1-2H,(H,9,10). The van der Waals surface area contributed by atoms with Crippen LogP contribution in [0.5, 0.6) is 0 Å². The molecule has 3 nitrogen and oxygen atoms in total. The van der Waals surface area contributed by atoms with E-state index in [4.69, 9.17) is 0 Å². The predicted molar refractivity (Wildman–Crippen MR) is 55.1 cm³/mol. The molecule has 0 bridgehead atoms. The highest BCUT2D eigenvalue weighted by Crippen LogP contribution is 2.33.